The van der Waals surface area contributed by atoms with Crippen LogP contribution in [0, 0.1) is 5.92 Å². The number of thiophene rings is 1. The van der Waals surface area contributed by atoms with Gasteiger partial charge in [-0.3, -0.25) is 4.90 Å². The predicted molar refractivity (Wildman–Crippen MR) is 86.7 cm³/mol. The lowest BCUT2D eigenvalue weighted by Gasteiger charge is -2.42. The number of likely N-dealkylation sites (tertiary alicyclic amines) is 1. The van der Waals surface area contributed by atoms with E-state index in [-0.39, 0.29) is 5.60 Å². The third kappa shape index (κ3) is 3.67. The largest absolute Gasteiger partial charge is 0.382 e. The molecule has 3 nitrogen and oxygen atoms in total. The van der Waals surface area contributed by atoms with E-state index in [1.807, 2.05) is 0 Å². The summed E-state index contributed by atoms with van der Waals surface area (Å²) < 4.78 is 11.8. The number of nitrogens with zero attached hydrogens (tertiary/aromatic N) is 1. The minimum absolute atomic E-state index is 0.155. The van der Waals surface area contributed by atoms with E-state index in [0.717, 1.165) is 26.4 Å². The van der Waals surface area contributed by atoms with Gasteiger partial charge in [-0.25, -0.2) is 0 Å². The summed E-state index contributed by atoms with van der Waals surface area (Å²) in [6.07, 6.45) is 4.76. The molecule has 118 valence electrons. The van der Waals surface area contributed by atoms with Crippen molar-refractivity contribution < 1.29 is 9.47 Å². The van der Waals surface area contributed by atoms with Crippen LogP contribution in [0.4, 0.5) is 0 Å². The second-order valence-electron chi connectivity index (χ2n) is 6.29. The van der Waals surface area contributed by atoms with E-state index in [1.165, 1.54) is 44.3 Å². The van der Waals surface area contributed by atoms with E-state index in [9.17, 15) is 0 Å². The zero-order valence-electron chi connectivity index (χ0n) is 13.1. The van der Waals surface area contributed by atoms with Crippen LogP contribution < -0.4 is 0 Å². The van der Waals surface area contributed by atoms with Gasteiger partial charge in [0.1, 0.15) is 0 Å². The molecule has 1 aromatic rings. The quantitative estimate of drug-likeness (QED) is 0.750. The first kappa shape index (κ1) is 15.5. The fraction of sp³-hybridized carbons (Fsp3) is 0.765. The minimum atomic E-state index is 0.155. The fourth-order valence-corrected chi connectivity index (χ4v) is 4.51. The summed E-state index contributed by atoms with van der Waals surface area (Å²) in [6.45, 7) is 8.18. The van der Waals surface area contributed by atoms with Gasteiger partial charge in [0.05, 0.1) is 5.60 Å². The summed E-state index contributed by atoms with van der Waals surface area (Å²) in [5.41, 5.74) is 1.61. The van der Waals surface area contributed by atoms with Crippen LogP contribution in [0.1, 0.15) is 38.2 Å². The van der Waals surface area contributed by atoms with E-state index in [2.05, 4.69) is 28.7 Å². The molecule has 0 amide bonds. The molecule has 0 aromatic carbocycles. The standard InChI is InChI=1S/C17H27NO2S/c1-2-19-10-3-16-4-11-20-17(16)6-8-18(9-7-17)13-15-5-12-21-14-15/h5,12,14,16H,2-4,6-11,13H2,1H3/t16-/m1/s1. The highest BCUT2D eigenvalue weighted by Crippen LogP contribution is 2.42. The second-order valence-corrected chi connectivity index (χ2v) is 7.07. The molecule has 1 aromatic heterocycles. The van der Waals surface area contributed by atoms with E-state index < -0.39 is 0 Å². The smallest absolute Gasteiger partial charge is 0.0736 e. The maximum Gasteiger partial charge on any atom is 0.0736 e. The lowest BCUT2D eigenvalue weighted by molar-refractivity contribution is -0.0727. The van der Waals surface area contributed by atoms with E-state index in [1.54, 1.807) is 11.3 Å². The molecule has 0 unspecified atom stereocenters. The highest BCUT2D eigenvalue weighted by atomic mass is 32.1. The first-order chi connectivity index (χ1) is 10.3. The third-order valence-electron chi connectivity index (χ3n) is 5.10. The van der Waals surface area contributed by atoms with Crippen LogP contribution in [0.3, 0.4) is 0 Å². The molecular formula is C17H27NO2S. The Bertz CT molecular complexity index is 412. The Hall–Kier alpha value is -0.420. The van der Waals surface area contributed by atoms with Crippen LogP contribution in [0.2, 0.25) is 0 Å². The second kappa shape index (κ2) is 7.23. The van der Waals surface area contributed by atoms with E-state index in [0.29, 0.717) is 5.92 Å². The summed E-state index contributed by atoms with van der Waals surface area (Å²) in [6, 6.07) is 2.24. The van der Waals surface area contributed by atoms with Gasteiger partial charge in [-0.2, -0.15) is 11.3 Å². The zero-order valence-corrected chi connectivity index (χ0v) is 13.9. The predicted octanol–water partition coefficient (Wildman–Crippen LogP) is 3.55. The Morgan fingerprint density at radius 3 is 3.00 bits per heavy atom. The monoisotopic (exact) mass is 309 g/mol. The zero-order chi connectivity index (χ0) is 14.5. The van der Waals surface area contributed by atoms with Crippen molar-refractivity contribution in [3.63, 3.8) is 0 Å². The van der Waals surface area contributed by atoms with Crippen LogP contribution in [-0.2, 0) is 16.0 Å². The molecule has 3 rings (SSSR count). The van der Waals surface area contributed by atoms with Crippen LogP contribution in [0.5, 0.6) is 0 Å². The maximum atomic E-state index is 6.23. The molecule has 0 saturated carbocycles. The Kier molecular flexibility index (Phi) is 5.33. The molecule has 2 saturated heterocycles. The van der Waals surface area contributed by atoms with Crippen molar-refractivity contribution in [2.24, 2.45) is 5.92 Å². The van der Waals surface area contributed by atoms with Gasteiger partial charge in [-0.15, -0.1) is 0 Å². The number of ether oxygens (including phenoxy) is 2. The highest BCUT2D eigenvalue weighted by molar-refractivity contribution is 7.07. The van der Waals surface area contributed by atoms with Gasteiger partial charge in [0.2, 0.25) is 0 Å². The Balaban J connectivity index is 1.51. The van der Waals surface area contributed by atoms with Crippen molar-refractivity contribution in [2.75, 3.05) is 32.9 Å². The first-order valence-corrected chi connectivity index (χ1v) is 9.22. The Labute approximate surface area is 132 Å². The highest BCUT2D eigenvalue weighted by Gasteiger charge is 2.45. The van der Waals surface area contributed by atoms with Gasteiger partial charge in [-0.05, 0) is 60.9 Å². The number of hydrogen-bond acceptors (Lipinski definition) is 4. The van der Waals surface area contributed by atoms with Gasteiger partial charge in [0, 0.05) is 39.5 Å². The number of hydrogen-bond donors (Lipinski definition) is 0. The molecule has 4 heteroatoms. The van der Waals surface area contributed by atoms with Gasteiger partial charge >= 0.3 is 0 Å². The van der Waals surface area contributed by atoms with Gasteiger partial charge in [0.25, 0.3) is 0 Å². The van der Waals surface area contributed by atoms with Crippen LogP contribution in [-0.4, -0.2) is 43.4 Å². The van der Waals surface area contributed by atoms with Crippen molar-refractivity contribution in [1.29, 1.82) is 0 Å². The average molecular weight is 309 g/mol. The number of rotatable bonds is 6. The minimum Gasteiger partial charge on any atom is -0.382 e. The molecule has 2 fully saturated rings. The molecule has 0 radical (unpaired) electrons. The Morgan fingerprint density at radius 1 is 1.43 bits per heavy atom. The molecule has 21 heavy (non-hydrogen) atoms. The summed E-state index contributed by atoms with van der Waals surface area (Å²) in [5.74, 6) is 0.701. The van der Waals surface area contributed by atoms with Crippen molar-refractivity contribution >= 4 is 11.3 Å². The number of piperidine rings is 1. The van der Waals surface area contributed by atoms with Crippen LogP contribution >= 0.6 is 11.3 Å². The van der Waals surface area contributed by atoms with Crippen molar-refractivity contribution in [3.8, 4) is 0 Å². The van der Waals surface area contributed by atoms with E-state index in [4.69, 9.17) is 9.47 Å². The molecule has 2 aliphatic heterocycles. The molecular weight excluding hydrogens is 282 g/mol. The van der Waals surface area contributed by atoms with Crippen LogP contribution in [0.25, 0.3) is 0 Å². The molecule has 1 atom stereocenters. The van der Waals surface area contributed by atoms with Crippen LogP contribution in [0.15, 0.2) is 16.8 Å². The molecule has 2 aliphatic rings. The van der Waals surface area contributed by atoms with Crippen molar-refractivity contribution in [3.05, 3.63) is 22.4 Å². The maximum absolute atomic E-state index is 6.23. The fourth-order valence-electron chi connectivity index (χ4n) is 3.85. The summed E-state index contributed by atoms with van der Waals surface area (Å²) >= 11 is 1.79. The Morgan fingerprint density at radius 2 is 2.29 bits per heavy atom. The molecule has 0 N–H and O–H groups in total. The third-order valence-corrected chi connectivity index (χ3v) is 5.84. The topological polar surface area (TPSA) is 21.7 Å². The molecule has 0 bridgehead atoms. The average Bonchev–Trinajstić information content (AvgIpc) is 3.13. The summed E-state index contributed by atoms with van der Waals surface area (Å²) in [5, 5.41) is 4.44. The SMILES string of the molecule is CCOCC[C@@H]1CCOC12CCN(Cc1ccsc1)CC2. The summed E-state index contributed by atoms with van der Waals surface area (Å²) in [7, 11) is 0. The van der Waals surface area contributed by atoms with Gasteiger partial charge in [-0.1, -0.05) is 0 Å². The molecule has 0 aliphatic carbocycles. The lowest BCUT2D eigenvalue weighted by atomic mass is 9.78. The first-order valence-electron chi connectivity index (χ1n) is 8.27. The van der Waals surface area contributed by atoms with E-state index >= 15 is 0 Å². The summed E-state index contributed by atoms with van der Waals surface area (Å²) in [4.78, 5) is 2.58. The van der Waals surface area contributed by atoms with Gasteiger partial charge in [0.15, 0.2) is 0 Å². The molecule has 3 heterocycles. The van der Waals surface area contributed by atoms with Gasteiger partial charge < -0.3 is 9.47 Å². The lowest BCUT2D eigenvalue weighted by Crippen LogP contribution is -2.47. The van der Waals surface area contributed by atoms with Crippen molar-refractivity contribution in [1.82, 2.24) is 4.90 Å². The normalized spacial score (nSPS) is 25.7. The molecule has 1 spiro atoms. The van der Waals surface area contributed by atoms with Crippen molar-refractivity contribution in [2.45, 2.75) is 44.8 Å².